The number of hydrogen-bond donors (Lipinski definition) is 3. The van der Waals surface area contributed by atoms with Gasteiger partial charge in [0.05, 0.1) is 11.1 Å². The van der Waals surface area contributed by atoms with Crippen molar-refractivity contribution in [2.75, 3.05) is 19.7 Å². The van der Waals surface area contributed by atoms with Crippen molar-refractivity contribution in [3.63, 3.8) is 0 Å². The van der Waals surface area contributed by atoms with E-state index in [1.807, 2.05) is 6.92 Å². The smallest absolute Gasteiger partial charge is 0.317 e. The van der Waals surface area contributed by atoms with Crippen molar-refractivity contribution in [3.8, 4) is 5.75 Å². The quantitative estimate of drug-likeness (QED) is 0.747. The molecule has 0 radical (unpaired) electrons. The van der Waals surface area contributed by atoms with E-state index in [-0.39, 0.29) is 18.4 Å². The SMILES string of the molecule is CCCN(CCO)C(=O)NCc1ccc(O)c(Br)c1. The van der Waals surface area contributed by atoms with Gasteiger partial charge in [-0.1, -0.05) is 13.0 Å². The third kappa shape index (κ3) is 5.08. The lowest BCUT2D eigenvalue weighted by Gasteiger charge is -2.21. The Morgan fingerprint density at radius 1 is 1.42 bits per heavy atom. The maximum Gasteiger partial charge on any atom is 0.317 e. The number of phenolic OH excluding ortho intramolecular Hbond substituents is 1. The van der Waals surface area contributed by atoms with Crippen LogP contribution in [0.1, 0.15) is 18.9 Å². The Bertz CT molecular complexity index is 420. The minimum Gasteiger partial charge on any atom is -0.507 e. The Morgan fingerprint density at radius 3 is 2.74 bits per heavy atom. The Kier molecular flexibility index (Phi) is 6.66. The highest BCUT2D eigenvalue weighted by atomic mass is 79.9. The summed E-state index contributed by atoms with van der Waals surface area (Å²) in [6.45, 7) is 3.26. The topological polar surface area (TPSA) is 72.8 Å². The number of aromatic hydroxyl groups is 1. The Morgan fingerprint density at radius 2 is 2.16 bits per heavy atom. The van der Waals surface area contributed by atoms with Crippen LogP contribution in [0, 0.1) is 0 Å². The summed E-state index contributed by atoms with van der Waals surface area (Å²) in [7, 11) is 0. The van der Waals surface area contributed by atoms with Gasteiger partial charge in [0.2, 0.25) is 0 Å². The van der Waals surface area contributed by atoms with Crippen LogP contribution < -0.4 is 5.32 Å². The van der Waals surface area contributed by atoms with Crippen LogP contribution >= 0.6 is 15.9 Å². The molecule has 0 aliphatic rings. The van der Waals surface area contributed by atoms with Crippen molar-refractivity contribution in [1.82, 2.24) is 10.2 Å². The Balaban J connectivity index is 2.54. The van der Waals surface area contributed by atoms with Gasteiger partial charge >= 0.3 is 6.03 Å². The summed E-state index contributed by atoms with van der Waals surface area (Å²) >= 11 is 3.23. The maximum absolute atomic E-state index is 11.9. The van der Waals surface area contributed by atoms with Gasteiger partial charge in [0.1, 0.15) is 5.75 Å². The van der Waals surface area contributed by atoms with Crippen LogP contribution in [0.3, 0.4) is 0 Å². The van der Waals surface area contributed by atoms with Crippen LogP contribution in [0.25, 0.3) is 0 Å². The van der Waals surface area contributed by atoms with E-state index in [1.165, 1.54) is 0 Å². The average Bonchev–Trinajstić information content (AvgIpc) is 2.39. The number of rotatable bonds is 6. The number of aliphatic hydroxyl groups is 1. The van der Waals surface area contributed by atoms with Gasteiger partial charge < -0.3 is 20.4 Å². The first-order valence-electron chi connectivity index (χ1n) is 6.19. The molecule has 1 aromatic rings. The molecule has 0 aromatic heterocycles. The first-order chi connectivity index (χ1) is 9.08. The molecule has 0 unspecified atom stereocenters. The largest absolute Gasteiger partial charge is 0.507 e. The van der Waals surface area contributed by atoms with E-state index < -0.39 is 0 Å². The average molecular weight is 331 g/mol. The number of carbonyl (C=O) groups excluding carboxylic acids is 1. The van der Waals surface area contributed by atoms with E-state index in [9.17, 15) is 9.90 Å². The van der Waals surface area contributed by atoms with Crippen LogP contribution in [0.2, 0.25) is 0 Å². The molecule has 0 heterocycles. The predicted molar refractivity (Wildman–Crippen MR) is 77.0 cm³/mol. The second-order valence-electron chi connectivity index (χ2n) is 4.16. The molecule has 106 valence electrons. The molecule has 0 saturated heterocycles. The van der Waals surface area contributed by atoms with Gasteiger partial charge in [-0.3, -0.25) is 0 Å². The highest BCUT2D eigenvalue weighted by Crippen LogP contribution is 2.24. The first kappa shape index (κ1) is 15.8. The monoisotopic (exact) mass is 330 g/mol. The molecule has 0 saturated carbocycles. The zero-order valence-electron chi connectivity index (χ0n) is 10.9. The molecule has 3 N–H and O–H groups in total. The number of nitrogens with one attached hydrogen (secondary N) is 1. The summed E-state index contributed by atoms with van der Waals surface area (Å²) in [5.41, 5.74) is 0.887. The number of halogens is 1. The lowest BCUT2D eigenvalue weighted by molar-refractivity contribution is 0.177. The van der Waals surface area contributed by atoms with E-state index in [0.29, 0.717) is 24.1 Å². The molecule has 0 atom stereocenters. The summed E-state index contributed by atoms with van der Waals surface area (Å²) in [5, 5.41) is 21.1. The number of nitrogens with zero attached hydrogens (tertiary/aromatic N) is 1. The zero-order chi connectivity index (χ0) is 14.3. The molecule has 0 aliphatic carbocycles. The lowest BCUT2D eigenvalue weighted by Crippen LogP contribution is -2.41. The summed E-state index contributed by atoms with van der Waals surface area (Å²) in [5.74, 6) is 0.169. The number of carbonyl (C=O) groups is 1. The molecule has 0 spiro atoms. The van der Waals surface area contributed by atoms with Crippen molar-refractivity contribution in [3.05, 3.63) is 28.2 Å². The van der Waals surface area contributed by atoms with E-state index in [1.54, 1.807) is 23.1 Å². The van der Waals surface area contributed by atoms with Crippen molar-refractivity contribution in [2.45, 2.75) is 19.9 Å². The van der Waals surface area contributed by atoms with Crippen LogP contribution in [0.15, 0.2) is 22.7 Å². The number of urea groups is 1. The van der Waals surface area contributed by atoms with E-state index in [4.69, 9.17) is 5.11 Å². The van der Waals surface area contributed by atoms with Crippen LogP contribution in [0.5, 0.6) is 5.75 Å². The molecule has 0 aliphatic heterocycles. The third-order valence-electron chi connectivity index (χ3n) is 2.61. The molecule has 0 bridgehead atoms. The predicted octanol–water partition coefficient (Wildman–Crippen LogP) is 2.07. The second-order valence-corrected chi connectivity index (χ2v) is 5.01. The third-order valence-corrected chi connectivity index (χ3v) is 3.24. The number of benzene rings is 1. The summed E-state index contributed by atoms with van der Waals surface area (Å²) in [6.07, 6.45) is 0.845. The second kappa shape index (κ2) is 8.01. The molecular formula is C13H19BrN2O3. The van der Waals surface area contributed by atoms with E-state index in [0.717, 1.165) is 12.0 Å². The highest BCUT2D eigenvalue weighted by Gasteiger charge is 2.11. The fourth-order valence-corrected chi connectivity index (χ4v) is 2.08. The van der Waals surface area contributed by atoms with Gasteiger partial charge in [0.25, 0.3) is 0 Å². The maximum atomic E-state index is 11.9. The fourth-order valence-electron chi connectivity index (χ4n) is 1.66. The molecule has 6 heteroatoms. The summed E-state index contributed by atoms with van der Waals surface area (Å²) in [4.78, 5) is 13.5. The number of aliphatic hydroxyl groups excluding tert-OH is 1. The summed E-state index contributed by atoms with van der Waals surface area (Å²) in [6, 6.07) is 4.88. The molecule has 2 amide bonds. The molecule has 1 rings (SSSR count). The van der Waals surface area contributed by atoms with Crippen LogP contribution in [-0.2, 0) is 6.54 Å². The van der Waals surface area contributed by atoms with Gasteiger partial charge in [-0.05, 0) is 40.0 Å². The van der Waals surface area contributed by atoms with E-state index in [2.05, 4.69) is 21.2 Å². The van der Waals surface area contributed by atoms with Crippen molar-refractivity contribution in [2.24, 2.45) is 0 Å². The number of phenols is 1. The number of hydrogen-bond acceptors (Lipinski definition) is 3. The van der Waals surface area contributed by atoms with Crippen LogP contribution in [-0.4, -0.2) is 40.8 Å². The van der Waals surface area contributed by atoms with Gasteiger partial charge in [0, 0.05) is 19.6 Å². The zero-order valence-corrected chi connectivity index (χ0v) is 12.5. The van der Waals surface area contributed by atoms with Crippen molar-refractivity contribution in [1.29, 1.82) is 0 Å². The molecule has 1 aromatic carbocycles. The molecule has 19 heavy (non-hydrogen) atoms. The molecular weight excluding hydrogens is 312 g/mol. The minimum atomic E-state index is -0.194. The number of amides is 2. The van der Waals surface area contributed by atoms with Crippen molar-refractivity contribution >= 4 is 22.0 Å². The van der Waals surface area contributed by atoms with Crippen LogP contribution in [0.4, 0.5) is 4.79 Å². The van der Waals surface area contributed by atoms with E-state index >= 15 is 0 Å². The Hall–Kier alpha value is -1.27. The fraction of sp³-hybridized carbons (Fsp3) is 0.462. The minimum absolute atomic E-state index is 0.0435. The molecule has 5 nitrogen and oxygen atoms in total. The van der Waals surface area contributed by atoms with Gasteiger partial charge in [-0.2, -0.15) is 0 Å². The molecule has 0 fully saturated rings. The standard InChI is InChI=1S/C13H19BrN2O3/c1-2-5-16(6-7-17)13(19)15-9-10-3-4-12(18)11(14)8-10/h3-4,8,17-18H,2,5-7,9H2,1H3,(H,15,19). The normalized spacial score (nSPS) is 10.3. The first-order valence-corrected chi connectivity index (χ1v) is 6.98. The van der Waals surface area contributed by atoms with Crippen molar-refractivity contribution < 1.29 is 15.0 Å². The lowest BCUT2D eigenvalue weighted by atomic mass is 10.2. The highest BCUT2D eigenvalue weighted by molar-refractivity contribution is 9.10. The summed E-state index contributed by atoms with van der Waals surface area (Å²) < 4.78 is 0.597. The van der Waals surface area contributed by atoms with Gasteiger partial charge in [-0.15, -0.1) is 0 Å². The van der Waals surface area contributed by atoms with Gasteiger partial charge in [0.15, 0.2) is 0 Å². The Labute approximate surface area is 121 Å². The van der Waals surface area contributed by atoms with Gasteiger partial charge in [-0.25, -0.2) is 4.79 Å².